The molecule has 78 valence electrons. The largest absolute Gasteiger partial charge is 0.317 e. The minimum Gasteiger partial charge on any atom is -0.317 e. The molecule has 0 spiro atoms. The lowest BCUT2D eigenvalue weighted by Gasteiger charge is -2.08. The van der Waals surface area contributed by atoms with Crippen LogP contribution in [-0.2, 0) is 0 Å². The van der Waals surface area contributed by atoms with Crippen molar-refractivity contribution in [2.24, 2.45) is 0 Å². The zero-order valence-electron chi connectivity index (χ0n) is 10.0. The molecule has 0 aromatic heterocycles. The van der Waals surface area contributed by atoms with Crippen LogP contribution in [0.1, 0.15) is 60.8 Å². The van der Waals surface area contributed by atoms with Crippen molar-refractivity contribution in [2.45, 2.75) is 60.8 Å². The topological polar surface area (TPSA) is 12.0 Å². The van der Waals surface area contributed by atoms with E-state index in [0.29, 0.717) is 0 Å². The third-order valence-electron chi connectivity index (χ3n) is 1.21. The van der Waals surface area contributed by atoms with Gasteiger partial charge in [-0.1, -0.05) is 48.0 Å². The van der Waals surface area contributed by atoms with Crippen LogP contribution in [0.15, 0.2) is 0 Å². The van der Waals surface area contributed by atoms with E-state index < -0.39 is 0 Å². The molecule has 0 amide bonds. The number of hydrogen-bond acceptors (Lipinski definition) is 1. The minimum atomic E-state index is 1.25. The molecule has 1 aliphatic rings. The van der Waals surface area contributed by atoms with Crippen molar-refractivity contribution in [1.29, 1.82) is 0 Å². The van der Waals surface area contributed by atoms with E-state index in [2.05, 4.69) is 5.32 Å². The second-order valence-electron chi connectivity index (χ2n) is 1.81. The van der Waals surface area contributed by atoms with Crippen LogP contribution in [0.3, 0.4) is 0 Å². The Kier molecular flexibility index (Phi) is 45.6. The first kappa shape index (κ1) is 17.9. The zero-order valence-corrected chi connectivity index (χ0v) is 10.0. The Labute approximate surface area is 80.0 Å². The lowest BCUT2D eigenvalue weighted by atomic mass is 10.2. The molecule has 1 N–H and O–H groups in total. The second kappa shape index (κ2) is 30.6. The molecule has 1 heteroatoms. The summed E-state index contributed by atoms with van der Waals surface area (Å²) in [5, 5.41) is 3.28. The van der Waals surface area contributed by atoms with Crippen LogP contribution < -0.4 is 5.32 Å². The van der Waals surface area contributed by atoms with E-state index in [-0.39, 0.29) is 0 Å². The highest BCUT2D eigenvalue weighted by Crippen LogP contribution is 1.96. The maximum atomic E-state index is 3.28. The SMILES string of the molecule is C1CCNCC1.CC.CC.CC. The molecule has 1 rings (SSSR count). The molecule has 0 aliphatic carbocycles. The van der Waals surface area contributed by atoms with Gasteiger partial charge in [-0.25, -0.2) is 0 Å². The van der Waals surface area contributed by atoms with Gasteiger partial charge in [0.05, 0.1) is 0 Å². The normalized spacial score (nSPS) is 13.5. The van der Waals surface area contributed by atoms with Crippen LogP contribution in [0.5, 0.6) is 0 Å². The predicted molar refractivity (Wildman–Crippen MR) is 60.8 cm³/mol. The summed E-state index contributed by atoms with van der Waals surface area (Å²) in [7, 11) is 0. The summed E-state index contributed by atoms with van der Waals surface area (Å²) < 4.78 is 0. The predicted octanol–water partition coefficient (Wildman–Crippen LogP) is 3.84. The number of nitrogens with one attached hydrogen (secondary N) is 1. The van der Waals surface area contributed by atoms with Crippen LogP contribution in [-0.4, -0.2) is 13.1 Å². The van der Waals surface area contributed by atoms with Gasteiger partial charge >= 0.3 is 0 Å². The maximum Gasteiger partial charge on any atom is -0.00489 e. The van der Waals surface area contributed by atoms with Crippen molar-refractivity contribution < 1.29 is 0 Å². The van der Waals surface area contributed by atoms with Crippen molar-refractivity contribution >= 4 is 0 Å². The van der Waals surface area contributed by atoms with E-state index in [0.717, 1.165) is 0 Å². The van der Waals surface area contributed by atoms with Crippen molar-refractivity contribution in [3.8, 4) is 0 Å². The van der Waals surface area contributed by atoms with Gasteiger partial charge < -0.3 is 5.32 Å². The van der Waals surface area contributed by atoms with Crippen LogP contribution >= 0.6 is 0 Å². The summed E-state index contributed by atoms with van der Waals surface area (Å²) in [6.07, 6.45) is 4.22. The summed E-state index contributed by atoms with van der Waals surface area (Å²) in [5.41, 5.74) is 0. The summed E-state index contributed by atoms with van der Waals surface area (Å²) in [4.78, 5) is 0. The Morgan fingerprint density at radius 1 is 0.583 bits per heavy atom. The molecular formula is C11H29N. The minimum absolute atomic E-state index is 1.25. The molecule has 0 aromatic carbocycles. The average molecular weight is 175 g/mol. The molecule has 0 radical (unpaired) electrons. The van der Waals surface area contributed by atoms with Gasteiger partial charge in [0.2, 0.25) is 0 Å². The third-order valence-corrected chi connectivity index (χ3v) is 1.21. The summed E-state index contributed by atoms with van der Waals surface area (Å²) in [5.74, 6) is 0. The fourth-order valence-electron chi connectivity index (χ4n) is 0.802. The van der Waals surface area contributed by atoms with Crippen LogP contribution in [0.25, 0.3) is 0 Å². The van der Waals surface area contributed by atoms with Gasteiger partial charge in [-0.15, -0.1) is 0 Å². The smallest absolute Gasteiger partial charge is 0.00489 e. The lowest BCUT2D eigenvalue weighted by molar-refractivity contribution is 0.520. The monoisotopic (exact) mass is 175 g/mol. The van der Waals surface area contributed by atoms with E-state index >= 15 is 0 Å². The third kappa shape index (κ3) is 22.5. The van der Waals surface area contributed by atoms with Gasteiger partial charge in [0.25, 0.3) is 0 Å². The molecule has 0 aromatic rings. The molecule has 1 fully saturated rings. The Morgan fingerprint density at radius 2 is 0.917 bits per heavy atom. The molecule has 1 heterocycles. The molecule has 0 unspecified atom stereocenters. The van der Waals surface area contributed by atoms with Crippen LogP contribution in [0.2, 0.25) is 0 Å². The molecule has 1 nitrogen and oxygen atoms in total. The standard InChI is InChI=1S/C5H11N.3C2H6/c1-2-4-6-5-3-1;3*1-2/h6H,1-5H2;3*1-2H3. The first-order chi connectivity index (χ1) is 6.00. The molecular weight excluding hydrogens is 146 g/mol. The van der Waals surface area contributed by atoms with Crippen molar-refractivity contribution in [2.75, 3.05) is 13.1 Å². The lowest BCUT2D eigenvalue weighted by Crippen LogP contribution is -2.21. The van der Waals surface area contributed by atoms with Gasteiger partial charge in [-0.3, -0.25) is 0 Å². The molecule has 12 heavy (non-hydrogen) atoms. The van der Waals surface area contributed by atoms with Gasteiger partial charge in [-0.05, 0) is 25.9 Å². The first-order valence-electron chi connectivity index (χ1n) is 5.71. The van der Waals surface area contributed by atoms with Crippen molar-refractivity contribution in [1.82, 2.24) is 5.32 Å². The number of rotatable bonds is 0. The molecule has 0 bridgehead atoms. The van der Waals surface area contributed by atoms with Crippen molar-refractivity contribution in [3.05, 3.63) is 0 Å². The van der Waals surface area contributed by atoms with E-state index in [1.807, 2.05) is 41.5 Å². The van der Waals surface area contributed by atoms with Crippen molar-refractivity contribution in [3.63, 3.8) is 0 Å². The molecule has 0 atom stereocenters. The highest BCUT2D eigenvalue weighted by molar-refractivity contribution is 4.55. The highest BCUT2D eigenvalue weighted by atomic mass is 14.9. The van der Waals surface area contributed by atoms with Gasteiger partial charge in [0.1, 0.15) is 0 Å². The number of piperidine rings is 1. The fraction of sp³-hybridized carbons (Fsp3) is 1.00. The Morgan fingerprint density at radius 3 is 1.00 bits per heavy atom. The van der Waals surface area contributed by atoms with Crippen LogP contribution in [0, 0.1) is 0 Å². The van der Waals surface area contributed by atoms with E-state index in [9.17, 15) is 0 Å². The van der Waals surface area contributed by atoms with E-state index in [1.54, 1.807) is 0 Å². The highest BCUT2D eigenvalue weighted by Gasteiger charge is 1.93. The van der Waals surface area contributed by atoms with Gasteiger partial charge in [-0.2, -0.15) is 0 Å². The molecule has 0 saturated carbocycles. The maximum absolute atomic E-state index is 3.28. The Balaban J connectivity index is -0.000000117. The van der Waals surface area contributed by atoms with E-state index in [4.69, 9.17) is 0 Å². The summed E-state index contributed by atoms with van der Waals surface area (Å²) >= 11 is 0. The summed E-state index contributed by atoms with van der Waals surface area (Å²) in [6.45, 7) is 14.5. The average Bonchev–Trinajstić information content (AvgIpc) is 2.29. The van der Waals surface area contributed by atoms with Gasteiger partial charge in [0, 0.05) is 0 Å². The molecule has 1 aliphatic heterocycles. The summed E-state index contributed by atoms with van der Waals surface area (Å²) in [6, 6.07) is 0. The second-order valence-corrected chi connectivity index (χ2v) is 1.81. The van der Waals surface area contributed by atoms with Crippen LogP contribution in [0.4, 0.5) is 0 Å². The Hall–Kier alpha value is -0.0400. The van der Waals surface area contributed by atoms with Gasteiger partial charge in [0.15, 0.2) is 0 Å². The fourth-order valence-corrected chi connectivity index (χ4v) is 0.802. The quantitative estimate of drug-likeness (QED) is 0.590. The van der Waals surface area contributed by atoms with E-state index in [1.165, 1.54) is 32.4 Å². The molecule has 1 saturated heterocycles. The first-order valence-corrected chi connectivity index (χ1v) is 5.71. The Bertz CT molecular complexity index is 20.5. The number of hydrogen-bond donors (Lipinski definition) is 1. The zero-order chi connectivity index (χ0) is 10.2.